The number of hydrogen-bond donors (Lipinski definition) is 0. The number of aryl methyl sites for hydroxylation is 1. The molecule has 68 valence electrons. The van der Waals surface area contributed by atoms with E-state index < -0.39 is 0 Å². The molecule has 0 fully saturated rings. The predicted octanol–water partition coefficient (Wildman–Crippen LogP) is 2.19. The molecular formula is C12H16N+. The molecule has 0 aliphatic carbocycles. The van der Waals surface area contributed by atoms with E-state index in [1.807, 2.05) is 18.2 Å². The summed E-state index contributed by atoms with van der Waals surface area (Å²) in [6.07, 6.45) is 6.94. The number of allylic oxidation sites excluding steroid dienone is 3. The van der Waals surface area contributed by atoms with Crippen LogP contribution in [-0.2, 0) is 13.5 Å². The van der Waals surface area contributed by atoms with Gasteiger partial charge in [-0.3, -0.25) is 0 Å². The molecule has 0 saturated heterocycles. The maximum Gasteiger partial charge on any atom is 0.185 e. The van der Waals surface area contributed by atoms with Gasteiger partial charge in [-0.05, 0) is 6.92 Å². The van der Waals surface area contributed by atoms with Gasteiger partial charge in [0, 0.05) is 12.1 Å². The second-order valence-electron chi connectivity index (χ2n) is 3.23. The Morgan fingerprint density at radius 2 is 2.31 bits per heavy atom. The molecule has 0 N–H and O–H groups in total. The third-order valence-corrected chi connectivity index (χ3v) is 2.02. The van der Waals surface area contributed by atoms with Crippen molar-refractivity contribution >= 4 is 0 Å². The van der Waals surface area contributed by atoms with Gasteiger partial charge in [-0.1, -0.05) is 30.4 Å². The van der Waals surface area contributed by atoms with Gasteiger partial charge in [-0.25, -0.2) is 4.57 Å². The Hall–Kier alpha value is -1.37. The lowest BCUT2D eigenvalue weighted by Gasteiger charge is -1.98. The largest absolute Gasteiger partial charge is 0.205 e. The average Bonchev–Trinajstić information content (AvgIpc) is 2.09. The molecular weight excluding hydrogens is 158 g/mol. The first kappa shape index (κ1) is 9.72. The molecule has 1 nitrogen and oxygen atoms in total. The highest BCUT2D eigenvalue weighted by Crippen LogP contribution is 2.02. The normalized spacial score (nSPS) is 11.4. The number of aromatic nitrogens is 1. The number of nitrogens with zero attached hydrogens (tertiary/aromatic N) is 1. The van der Waals surface area contributed by atoms with E-state index in [0.29, 0.717) is 0 Å². The fourth-order valence-electron chi connectivity index (χ4n) is 1.29. The molecule has 1 heteroatoms. The zero-order valence-corrected chi connectivity index (χ0v) is 8.33. The molecule has 0 aromatic carbocycles. The summed E-state index contributed by atoms with van der Waals surface area (Å²) < 4.78 is 2.14. The lowest BCUT2D eigenvalue weighted by atomic mass is 10.1. The second kappa shape index (κ2) is 4.61. The molecule has 1 rings (SSSR count). The van der Waals surface area contributed by atoms with Crippen molar-refractivity contribution in [2.24, 2.45) is 7.05 Å². The zero-order valence-electron chi connectivity index (χ0n) is 8.33. The van der Waals surface area contributed by atoms with Gasteiger partial charge in [-0.15, -0.1) is 0 Å². The summed E-state index contributed by atoms with van der Waals surface area (Å²) in [7, 11) is 2.07. The highest BCUT2D eigenvalue weighted by atomic mass is 14.9. The van der Waals surface area contributed by atoms with Crippen LogP contribution in [0.25, 0.3) is 0 Å². The Morgan fingerprint density at radius 1 is 1.54 bits per heavy atom. The molecule has 0 bridgehead atoms. The standard InChI is InChI=1S/C12H16N/c1-4-7-11(2)10-12-8-5-6-9-13(12)3/h4-9H,1,10H2,2-3H3/q+1/b11-7-. The topological polar surface area (TPSA) is 3.88 Å². The van der Waals surface area contributed by atoms with Crippen molar-refractivity contribution in [3.05, 3.63) is 54.4 Å². The minimum atomic E-state index is 0.989. The van der Waals surface area contributed by atoms with E-state index in [9.17, 15) is 0 Å². The Kier molecular flexibility index (Phi) is 3.44. The van der Waals surface area contributed by atoms with E-state index >= 15 is 0 Å². The fraction of sp³-hybridized carbons (Fsp3) is 0.250. The third kappa shape index (κ3) is 2.86. The van der Waals surface area contributed by atoms with E-state index in [-0.39, 0.29) is 0 Å². The van der Waals surface area contributed by atoms with Crippen molar-refractivity contribution in [3.63, 3.8) is 0 Å². The average molecular weight is 174 g/mol. The Bertz CT molecular complexity index is 324. The van der Waals surface area contributed by atoms with E-state index in [4.69, 9.17) is 0 Å². The minimum Gasteiger partial charge on any atom is -0.205 e. The van der Waals surface area contributed by atoms with Gasteiger partial charge in [-0.2, -0.15) is 0 Å². The molecule has 0 radical (unpaired) electrons. The highest BCUT2D eigenvalue weighted by Gasteiger charge is 2.03. The Balaban J connectivity index is 2.80. The van der Waals surface area contributed by atoms with Gasteiger partial charge >= 0.3 is 0 Å². The molecule has 0 aliphatic heterocycles. The minimum absolute atomic E-state index is 0.989. The maximum absolute atomic E-state index is 3.68. The SMILES string of the molecule is C=C/C=C(/C)Cc1cccc[n+]1C. The van der Waals surface area contributed by atoms with Crippen molar-refractivity contribution in [1.29, 1.82) is 0 Å². The third-order valence-electron chi connectivity index (χ3n) is 2.02. The summed E-state index contributed by atoms with van der Waals surface area (Å²) in [5, 5.41) is 0. The summed E-state index contributed by atoms with van der Waals surface area (Å²) in [5.41, 5.74) is 2.65. The molecule has 0 unspecified atom stereocenters. The second-order valence-corrected chi connectivity index (χ2v) is 3.23. The number of rotatable bonds is 3. The van der Waals surface area contributed by atoms with Gasteiger partial charge in [0.1, 0.15) is 7.05 Å². The quantitative estimate of drug-likeness (QED) is 0.488. The first-order valence-electron chi connectivity index (χ1n) is 4.46. The van der Waals surface area contributed by atoms with Crippen LogP contribution in [0, 0.1) is 0 Å². The summed E-state index contributed by atoms with van der Waals surface area (Å²) in [5.74, 6) is 0. The fourth-order valence-corrected chi connectivity index (χ4v) is 1.29. The maximum atomic E-state index is 3.68. The van der Waals surface area contributed by atoms with Gasteiger partial charge in [0.2, 0.25) is 0 Å². The lowest BCUT2D eigenvalue weighted by Crippen LogP contribution is -2.32. The Labute approximate surface area is 80.0 Å². The van der Waals surface area contributed by atoms with Gasteiger partial charge in [0.15, 0.2) is 11.9 Å². The summed E-state index contributed by atoms with van der Waals surface area (Å²) >= 11 is 0. The predicted molar refractivity (Wildman–Crippen MR) is 55.3 cm³/mol. The summed E-state index contributed by atoms with van der Waals surface area (Å²) in [6.45, 7) is 5.80. The van der Waals surface area contributed by atoms with Gasteiger partial charge < -0.3 is 0 Å². The van der Waals surface area contributed by atoms with Crippen molar-refractivity contribution in [2.75, 3.05) is 0 Å². The van der Waals surface area contributed by atoms with Crippen LogP contribution in [0.2, 0.25) is 0 Å². The van der Waals surface area contributed by atoms with E-state index in [0.717, 1.165) is 6.42 Å². The van der Waals surface area contributed by atoms with E-state index in [2.05, 4.69) is 43.4 Å². The van der Waals surface area contributed by atoms with Gasteiger partial charge in [0.05, 0.1) is 6.42 Å². The van der Waals surface area contributed by atoms with Crippen LogP contribution >= 0.6 is 0 Å². The van der Waals surface area contributed by atoms with Gasteiger partial charge in [0.25, 0.3) is 0 Å². The molecule has 0 saturated carbocycles. The molecule has 13 heavy (non-hydrogen) atoms. The van der Waals surface area contributed by atoms with Crippen LogP contribution in [0.1, 0.15) is 12.6 Å². The number of pyridine rings is 1. The van der Waals surface area contributed by atoms with E-state index in [1.165, 1.54) is 11.3 Å². The smallest absolute Gasteiger partial charge is 0.185 e. The van der Waals surface area contributed by atoms with Crippen LogP contribution in [0.15, 0.2) is 48.7 Å². The van der Waals surface area contributed by atoms with E-state index in [1.54, 1.807) is 0 Å². The van der Waals surface area contributed by atoms with Crippen LogP contribution in [-0.4, -0.2) is 0 Å². The lowest BCUT2D eigenvalue weighted by molar-refractivity contribution is -0.678. The zero-order chi connectivity index (χ0) is 9.68. The molecule has 1 aromatic heterocycles. The monoisotopic (exact) mass is 174 g/mol. The van der Waals surface area contributed by atoms with Crippen molar-refractivity contribution < 1.29 is 4.57 Å². The highest BCUT2D eigenvalue weighted by molar-refractivity contribution is 5.14. The molecule has 1 aromatic rings. The molecule has 0 amide bonds. The first-order valence-corrected chi connectivity index (χ1v) is 4.46. The molecule has 0 aliphatic rings. The van der Waals surface area contributed by atoms with Crippen LogP contribution in [0.5, 0.6) is 0 Å². The molecule has 0 atom stereocenters. The summed E-state index contributed by atoms with van der Waals surface area (Å²) in [6, 6.07) is 6.24. The molecule has 1 heterocycles. The van der Waals surface area contributed by atoms with Crippen LogP contribution in [0.4, 0.5) is 0 Å². The number of hydrogen-bond acceptors (Lipinski definition) is 0. The van der Waals surface area contributed by atoms with Crippen molar-refractivity contribution in [3.8, 4) is 0 Å². The van der Waals surface area contributed by atoms with Crippen LogP contribution in [0.3, 0.4) is 0 Å². The summed E-state index contributed by atoms with van der Waals surface area (Å²) in [4.78, 5) is 0. The Morgan fingerprint density at radius 3 is 2.92 bits per heavy atom. The van der Waals surface area contributed by atoms with Crippen molar-refractivity contribution in [2.45, 2.75) is 13.3 Å². The first-order chi connectivity index (χ1) is 6.24. The van der Waals surface area contributed by atoms with Crippen LogP contribution < -0.4 is 4.57 Å². The molecule has 0 spiro atoms. The van der Waals surface area contributed by atoms with Crippen molar-refractivity contribution in [1.82, 2.24) is 0 Å².